The summed E-state index contributed by atoms with van der Waals surface area (Å²) in [4.78, 5) is 19.4. The van der Waals surface area contributed by atoms with Gasteiger partial charge in [0.2, 0.25) is 0 Å². The van der Waals surface area contributed by atoms with E-state index in [1.54, 1.807) is 7.05 Å². The Kier molecular flexibility index (Phi) is 4.08. The van der Waals surface area contributed by atoms with Crippen LogP contribution in [0.15, 0.2) is 16.9 Å². The largest absolute Gasteiger partial charge is 0.369 e. The second kappa shape index (κ2) is 6.04. The molecule has 2 aromatic heterocycles. The minimum Gasteiger partial charge on any atom is -0.369 e. The Morgan fingerprint density at radius 2 is 2.00 bits per heavy atom. The summed E-state index contributed by atoms with van der Waals surface area (Å²) in [7, 11) is 3.70. The average molecular weight is 310 g/mol. The fourth-order valence-corrected chi connectivity index (χ4v) is 3.59. The second-order valence-corrected chi connectivity index (χ2v) is 6.42. The summed E-state index contributed by atoms with van der Waals surface area (Å²) < 4.78 is 1.53. The Bertz CT molecular complexity index is 841. The van der Waals surface area contributed by atoms with E-state index in [4.69, 9.17) is 0 Å². The van der Waals surface area contributed by atoms with Gasteiger partial charge in [-0.15, -0.1) is 0 Å². The molecule has 2 heterocycles. The Balaban J connectivity index is 2.29. The van der Waals surface area contributed by atoms with Gasteiger partial charge >= 0.3 is 0 Å². The van der Waals surface area contributed by atoms with Crippen molar-refractivity contribution in [1.82, 2.24) is 9.55 Å². The summed E-state index contributed by atoms with van der Waals surface area (Å²) >= 11 is 0. The zero-order valence-electron chi connectivity index (χ0n) is 14.0. The van der Waals surface area contributed by atoms with Crippen LogP contribution in [0, 0.1) is 18.3 Å². The van der Waals surface area contributed by atoms with Crippen molar-refractivity contribution in [2.45, 2.75) is 45.1 Å². The molecule has 1 aliphatic carbocycles. The number of nitrogens with zero attached hydrogens (tertiary/aromatic N) is 4. The highest BCUT2D eigenvalue weighted by atomic mass is 16.1. The molecular formula is C18H22N4O. The third-order valence-electron chi connectivity index (χ3n) is 4.94. The number of aromatic nitrogens is 2. The molecule has 0 amide bonds. The molecular weight excluding hydrogens is 288 g/mol. The van der Waals surface area contributed by atoms with Gasteiger partial charge in [0.25, 0.3) is 5.56 Å². The maximum atomic E-state index is 12.6. The van der Waals surface area contributed by atoms with E-state index in [1.165, 1.54) is 23.8 Å². The molecule has 1 fully saturated rings. The van der Waals surface area contributed by atoms with Crippen LogP contribution < -0.4 is 10.5 Å². The zero-order valence-corrected chi connectivity index (χ0v) is 14.0. The Morgan fingerprint density at radius 3 is 2.65 bits per heavy atom. The van der Waals surface area contributed by atoms with Crippen molar-refractivity contribution in [1.29, 1.82) is 5.26 Å². The predicted octanol–water partition coefficient (Wildman–Crippen LogP) is 2.88. The summed E-state index contributed by atoms with van der Waals surface area (Å²) in [6.45, 7) is 1.93. The van der Waals surface area contributed by atoms with Crippen molar-refractivity contribution in [3.8, 4) is 6.07 Å². The van der Waals surface area contributed by atoms with Crippen LogP contribution in [0.25, 0.3) is 11.0 Å². The van der Waals surface area contributed by atoms with Crippen LogP contribution in [0.1, 0.15) is 43.4 Å². The normalized spacial score (nSPS) is 15.6. The van der Waals surface area contributed by atoms with Gasteiger partial charge in [0.05, 0.1) is 11.2 Å². The van der Waals surface area contributed by atoms with Crippen LogP contribution in [0.4, 0.5) is 5.69 Å². The van der Waals surface area contributed by atoms with Crippen molar-refractivity contribution in [2.75, 3.05) is 11.9 Å². The fraction of sp³-hybridized carbons (Fsp3) is 0.500. The highest BCUT2D eigenvalue weighted by Crippen LogP contribution is 2.31. The number of fused-ring (bicyclic) bond motifs is 1. The molecule has 0 atom stereocenters. The standard InChI is InChI=1S/C18H22N4O/c1-12-9-10-15-16(20-12)17(14(11-19)18(23)22(15)3)21(2)13-7-5-4-6-8-13/h9-10,13H,4-8H2,1-3H3. The second-order valence-electron chi connectivity index (χ2n) is 6.42. The van der Waals surface area contributed by atoms with Crippen molar-refractivity contribution in [3.63, 3.8) is 0 Å². The molecule has 0 unspecified atom stereocenters. The number of hydrogen-bond acceptors (Lipinski definition) is 4. The van der Waals surface area contributed by atoms with E-state index >= 15 is 0 Å². The number of hydrogen-bond donors (Lipinski definition) is 0. The van der Waals surface area contributed by atoms with Gasteiger partial charge in [-0.1, -0.05) is 19.3 Å². The number of aryl methyl sites for hydroxylation is 2. The van der Waals surface area contributed by atoms with E-state index in [0.29, 0.717) is 11.7 Å². The molecule has 0 spiro atoms. The van der Waals surface area contributed by atoms with Crippen LogP contribution in [0.3, 0.4) is 0 Å². The molecule has 0 saturated heterocycles. The van der Waals surface area contributed by atoms with Gasteiger partial charge in [-0.25, -0.2) is 4.98 Å². The van der Waals surface area contributed by atoms with E-state index in [2.05, 4.69) is 16.0 Å². The van der Waals surface area contributed by atoms with Gasteiger partial charge in [-0.2, -0.15) is 5.26 Å². The number of pyridine rings is 2. The van der Waals surface area contributed by atoms with E-state index in [1.807, 2.05) is 26.1 Å². The first-order valence-electron chi connectivity index (χ1n) is 8.18. The summed E-state index contributed by atoms with van der Waals surface area (Å²) in [5.41, 5.74) is 3.06. The molecule has 1 aliphatic rings. The van der Waals surface area contributed by atoms with Crippen molar-refractivity contribution in [3.05, 3.63) is 33.7 Å². The highest BCUT2D eigenvalue weighted by molar-refractivity contribution is 5.91. The molecule has 0 radical (unpaired) electrons. The molecule has 0 aromatic carbocycles. The zero-order chi connectivity index (χ0) is 16.6. The van der Waals surface area contributed by atoms with E-state index < -0.39 is 0 Å². The maximum Gasteiger partial charge on any atom is 0.270 e. The Morgan fingerprint density at radius 1 is 1.30 bits per heavy atom. The first kappa shape index (κ1) is 15.5. The summed E-state index contributed by atoms with van der Waals surface area (Å²) in [6, 6.07) is 6.31. The Hall–Kier alpha value is -2.35. The molecule has 5 heteroatoms. The third kappa shape index (κ3) is 2.59. The summed E-state index contributed by atoms with van der Waals surface area (Å²) in [5, 5.41) is 9.58. The quantitative estimate of drug-likeness (QED) is 0.855. The Labute approximate surface area is 136 Å². The first-order valence-corrected chi connectivity index (χ1v) is 8.18. The lowest BCUT2D eigenvalue weighted by Gasteiger charge is -2.34. The lowest BCUT2D eigenvalue weighted by Crippen LogP contribution is -2.36. The van der Waals surface area contributed by atoms with Crippen LogP contribution >= 0.6 is 0 Å². The van der Waals surface area contributed by atoms with Crippen molar-refractivity contribution >= 4 is 16.7 Å². The number of anilines is 1. The topological polar surface area (TPSA) is 61.9 Å². The summed E-state index contributed by atoms with van der Waals surface area (Å²) in [6.07, 6.45) is 5.87. The van der Waals surface area contributed by atoms with Crippen LogP contribution in [0.5, 0.6) is 0 Å². The van der Waals surface area contributed by atoms with Gasteiger partial charge in [0, 0.05) is 25.8 Å². The number of nitriles is 1. The molecule has 2 aromatic rings. The van der Waals surface area contributed by atoms with Gasteiger partial charge in [0.1, 0.15) is 17.1 Å². The molecule has 120 valence electrons. The third-order valence-corrected chi connectivity index (χ3v) is 4.94. The summed E-state index contributed by atoms with van der Waals surface area (Å²) in [5.74, 6) is 0. The van der Waals surface area contributed by atoms with Crippen LogP contribution in [-0.2, 0) is 7.05 Å². The molecule has 5 nitrogen and oxygen atoms in total. The van der Waals surface area contributed by atoms with E-state index in [-0.39, 0.29) is 11.1 Å². The number of rotatable bonds is 2. The molecule has 0 bridgehead atoms. The molecule has 0 N–H and O–H groups in total. The fourth-order valence-electron chi connectivity index (χ4n) is 3.59. The molecule has 3 rings (SSSR count). The van der Waals surface area contributed by atoms with E-state index in [9.17, 15) is 10.1 Å². The van der Waals surface area contributed by atoms with Gasteiger partial charge < -0.3 is 9.47 Å². The monoisotopic (exact) mass is 310 g/mol. The van der Waals surface area contributed by atoms with E-state index in [0.717, 1.165) is 29.6 Å². The van der Waals surface area contributed by atoms with Crippen LogP contribution in [-0.4, -0.2) is 22.6 Å². The predicted molar refractivity (Wildman–Crippen MR) is 91.7 cm³/mol. The average Bonchev–Trinajstić information content (AvgIpc) is 2.58. The lowest BCUT2D eigenvalue weighted by atomic mass is 9.93. The minimum absolute atomic E-state index is 0.200. The van der Waals surface area contributed by atoms with Crippen molar-refractivity contribution in [2.24, 2.45) is 7.05 Å². The molecule has 0 aliphatic heterocycles. The molecule has 1 saturated carbocycles. The van der Waals surface area contributed by atoms with Crippen molar-refractivity contribution < 1.29 is 0 Å². The van der Waals surface area contributed by atoms with Gasteiger partial charge in [0.15, 0.2) is 0 Å². The first-order chi connectivity index (χ1) is 11.0. The van der Waals surface area contributed by atoms with Crippen LogP contribution in [0.2, 0.25) is 0 Å². The molecule has 23 heavy (non-hydrogen) atoms. The van der Waals surface area contributed by atoms with Gasteiger partial charge in [-0.05, 0) is 31.9 Å². The maximum absolute atomic E-state index is 12.6. The minimum atomic E-state index is -0.247. The lowest BCUT2D eigenvalue weighted by molar-refractivity contribution is 0.428. The van der Waals surface area contributed by atoms with Gasteiger partial charge in [-0.3, -0.25) is 4.79 Å². The smallest absolute Gasteiger partial charge is 0.270 e. The SMILES string of the molecule is Cc1ccc2c(n1)c(N(C)C1CCCCC1)c(C#N)c(=O)n2C. The highest BCUT2D eigenvalue weighted by Gasteiger charge is 2.25.